The van der Waals surface area contributed by atoms with Gasteiger partial charge >= 0.3 is 5.97 Å². The number of β-amino-alcohol motifs (C(OH)–C–C–N with tert-alkyl or cyclic N) is 1. The molecule has 1 heterocycles. The van der Waals surface area contributed by atoms with E-state index in [4.69, 9.17) is 16.3 Å². The average Bonchev–Trinajstić information content (AvgIpc) is 2.90. The largest absolute Gasteiger partial charge is 0.423 e. The summed E-state index contributed by atoms with van der Waals surface area (Å²) in [6, 6.07) is 22.9. The summed E-state index contributed by atoms with van der Waals surface area (Å²) in [7, 11) is -3.53. The van der Waals surface area contributed by atoms with Gasteiger partial charge in [0, 0.05) is 19.0 Å². The number of carbonyl (C=O) groups excluding carboxylic acids is 1. The number of carbonyl (C=O) groups is 1. The van der Waals surface area contributed by atoms with Gasteiger partial charge in [-0.05, 0) is 66.8 Å². The first-order valence-electron chi connectivity index (χ1n) is 12.0. The van der Waals surface area contributed by atoms with E-state index < -0.39 is 21.9 Å². The van der Waals surface area contributed by atoms with Crippen LogP contribution in [-0.4, -0.2) is 55.9 Å². The van der Waals surface area contributed by atoms with Crippen LogP contribution in [0, 0.1) is 5.92 Å². The van der Waals surface area contributed by atoms with Crippen molar-refractivity contribution < 1.29 is 23.1 Å². The molecular weight excluding hydrogens is 498 g/mol. The smallest absolute Gasteiger partial charge is 0.343 e. The van der Waals surface area contributed by atoms with Gasteiger partial charge in [-0.2, -0.15) is 0 Å². The molecule has 0 aromatic heterocycles. The molecule has 2 atom stereocenters. The lowest BCUT2D eigenvalue weighted by molar-refractivity contribution is 0.0245. The highest BCUT2D eigenvalue weighted by molar-refractivity contribution is 7.91. The third-order valence-corrected chi connectivity index (χ3v) is 8.60. The highest BCUT2D eigenvalue weighted by Crippen LogP contribution is 2.24. The summed E-state index contributed by atoms with van der Waals surface area (Å²) in [4.78, 5) is 14.7. The third kappa shape index (κ3) is 6.73. The summed E-state index contributed by atoms with van der Waals surface area (Å²) >= 11 is 5.89. The fourth-order valence-electron chi connectivity index (χ4n) is 4.48. The van der Waals surface area contributed by atoms with Crippen molar-refractivity contribution in [1.29, 1.82) is 0 Å². The van der Waals surface area contributed by atoms with Crippen LogP contribution in [-0.2, 0) is 22.1 Å². The van der Waals surface area contributed by atoms with Crippen molar-refractivity contribution in [2.75, 3.05) is 25.4 Å². The summed E-state index contributed by atoms with van der Waals surface area (Å²) in [5.74, 6) is 0.0186. The van der Waals surface area contributed by atoms with Crippen molar-refractivity contribution >= 4 is 27.4 Å². The Morgan fingerprint density at radius 2 is 1.69 bits per heavy atom. The SMILES string of the molecule is O=C(Oc1ccc(S(=O)(=O)CCN2CC[C@H](Cc3ccccc3)[C@H](O)C2)cc1)c1ccccc1CCl. The Morgan fingerprint density at radius 3 is 2.39 bits per heavy atom. The third-order valence-electron chi connectivity index (χ3n) is 6.60. The summed E-state index contributed by atoms with van der Waals surface area (Å²) in [6.07, 6.45) is 1.16. The maximum absolute atomic E-state index is 12.9. The lowest BCUT2D eigenvalue weighted by atomic mass is 9.88. The zero-order valence-electron chi connectivity index (χ0n) is 19.9. The van der Waals surface area contributed by atoms with Crippen LogP contribution in [0.5, 0.6) is 5.75 Å². The molecular formula is C28H30ClNO5S. The molecule has 4 rings (SSSR count). The number of benzene rings is 3. The first kappa shape index (κ1) is 26.4. The molecule has 36 heavy (non-hydrogen) atoms. The van der Waals surface area contributed by atoms with Gasteiger partial charge in [-0.3, -0.25) is 4.90 Å². The molecule has 6 nitrogen and oxygen atoms in total. The molecule has 1 saturated heterocycles. The Balaban J connectivity index is 1.30. The lowest BCUT2D eigenvalue weighted by Gasteiger charge is -2.36. The van der Waals surface area contributed by atoms with Crippen LogP contribution in [0.1, 0.15) is 27.9 Å². The molecule has 0 spiro atoms. The van der Waals surface area contributed by atoms with Crippen molar-refractivity contribution in [1.82, 2.24) is 4.90 Å². The highest BCUT2D eigenvalue weighted by Gasteiger charge is 2.28. The number of hydrogen-bond acceptors (Lipinski definition) is 6. The Morgan fingerprint density at radius 1 is 1.00 bits per heavy atom. The van der Waals surface area contributed by atoms with E-state index in [2.05, 4.69) is 12.1 Å². The molecule has 1 fully saturated rings. The van der Waals surface area contributed by atoms with Crippen LogP contribution in [0.25, 0.3) is 0 Å². The number of esters is 1. The Bertz CT molecular complexity index is 1260. The summed E-state index contributed by atoms with van der Waals surface area (Å²) in [5.41, 5.74) is 2.24. The molecule has 3 aromatic carbocycles. The van der Waals surface area contributed by atoms with E-state index in [9.17, 15) is 18.3 Å². The Kier molecular flexibility index (Phi) is 8.80. The lowest BCUT2D eigenvalue weighted by Crippen LogP contribution is -2.46. The molecule has 0 aliphatic carbocycles. The van der Waals surface area contributed by atoms with Gasteiger partial charge in [0.25, 0.3) is 0 Å². The monoisotopic (exact) mass is 527 g/mol. The minimum atomic E-state index is -3.53. The van der Waals surface area contributed by atoms with E-state index in [0.717, 1.165) is 19.4 Å². The number of nitrogens with zero attached hydrogens (tertiary/aromatic N) is 1. The van der Waals surface area contributed by atoms with Crippen LogP contribution in [0.2, 0.25) is 0 Å². The van der Waals surface area contributed by atoms with Gasteiger partial charge < -0.3 is 9.84 Å². The number of piperidine rings is 1. The number of likely N-dealkylation sites (tertiary alicyclic amines) is 1. The predicted octanol–water partition coefficient (Wildman–Crippen LogP) is 4.34. The first-order chi connectivity index (χ1) is 17.4. The number of hydrogen-bond donors (Lipinski definition) is 1. The second-order valence-electron chi connectivity index (χ2n) is 9.08. The van der Waals surface area contributed by atoms with Crippen molar-refractivity contribution in [2.45, 2.75) is 29.7 Å². The molecule has 1 aliphatic heterocycles. The quantitative estimate of drug-likeness (QED) is 0.253. The van der Waals surface area contributed by atoms with Gasteiger partial charge in [0.05, 0.1) is 22.3 Å². The van der Waals surface area contributed by atoms with Crippen LogP contribution in [0.15, 0.2) is 83.8 Å². The zero-order chi connectivity index (χ0) is 25.5. The molecule has 8 heteroatoms. The molecule has 0 bridgehead atoms. The first-order valence-corrected chi connectivity index (χ1v) is 14.2. The molecule has 1 N–H and O–H groups in total. The van der Waals surface area contributed by atoms with Crippen molar-refractivity contribution in [2.24, 2.45) is 5.92 Å². The standard InChI is InChI=1S/C28H30ClNO5S/c29-19-23-8-4-5-9-26(23)28(32)35-24-10-12-25(13-11-24)36(33,34)17-16-30-15-14-22(27(31)20-30)18-21-6-2-1-3-7-21/h1-13,22,27,31H,14-20H2/t22-,27-/m1/s1. The van der Waals surface area contributed by atoms with E-state index in [0.29, 0.717) is 24.2 Å². The van der Waals surface area contributed by atoms with Crippen LogP contribution in [0.3, 0.4) is 0 Å². The van der Waals surface area contributed by atoms with E-state index in [-0.39, 0.29) is 28.2 Å². The van der Waals surface area contributed by atoms with Crippen LogP contribution < -0.4 is 4.74 Å². The Hall–Kier alpha value is -2.71. The topological polar surface area (TPSA) is 83.9 Å². The number of aliphatic hydroxyl groups is 1. The summed E-state index contributed by atoms with van der Waals surface area (Å²) < 4.78 is 31.2. The summed E-state index contributed by atoms with van der Waals surface area (Å²) in [6.45, 7) is 1.57. The number of alkyl halides is 1. The molecule has 0 saturated carbocycles. The van der Waals surface area contributed by atoms with Gasteiger partial charge in [0.2, 0.25) is 0 Å². The highest BCUT2D eigenvalue weighted by atomic mass is 35.5. The minimum absolute atomic E-state index is 0.0503. The second kappa shape index (κ2) is 12.0. The maximum Gasteiger partial charge on any atom is 0.343 e. The second-order valence-corrected chi connectivity index (χ2v) is 11.5. The Labute approximate surface area is 217 Å². The van der Waals surface area contributed by atoms with Crippen molar-refractivity contribution in [3.05, 3.63) is 95.6 Å². The van der Waals surface area contributed by atoms with E-state index >= 15 is 0 Å². The van der Waals surface area contributed by atoms with Crippen molar-refractivity contribution in [3.63, 3.8) is 0 Å². The number of sulfone groups is 1. The fourth-order valence-corrected chi connectivity index (χ4v) is 6.00. The van der Waals surface area contributed by atoms with E-state index in [1.54, 1.807) is 24.3 Å². The molecule has 190 valence electrons. The van der Waals surface area contributed by atoms with Crippen LogP contribution >= 0.6 is 11.6 Å². The molecule has 3 aromatic rings. The average molecular weight is 528 g/mol. The maximum atomic E-state index is 12.9. The molecule has 0 amide bonds. The molecule has 0 radical (unpaired) electrons. The van der Waals surface area contributed by atoms with E-state index in [1.165, 1.54) is 29.8 Å². The zero-order valence-corrected chi connectivity index (χ0v) is 21.5. The molecule has 1 aliphatic rings. The van der Waals surface area contributed by atoms with Gasteiger partial charge in [0.1, 0.15) is 5.75 Å². The normalized spacial score (nSPS) is 18.6. The number of ether oxygens (including phenoxy) is 1. The number of aliphatic hydroxyl groups excluding tert-OH is 1. The number of rotatable bonds is 9. The minimum Gasteiger partial charge on any atom is -0.423 e. The molecule has 0 unspecified atom stereocenters. The van der Waals surface area contributed by atoms with Gasteiger partial charge in [-0.1, -0.05) is 48.5 Å². The number of halogens is 1. The van der Waals surface area contributed by atoms with Crippen LogP contribution in [0.4, 0.5) is 0 Å². The van der Waals surface area contributed by atoms with Gasteiger partial charge in [-0.25, -0.2) is 13.2 Å². The van der Waals surface area contributed by atoms with Gasteiger partial charge in [0.15, 0.2) is 9.84 Å². The van der Waals surface area contributed by atoms with E-state index in [1.807, 2.05) is 23.1 Å². The summed E-state index contributed by atoms with van der Waals surface area (Å²) in [5, 5.41) is 10.6. The van der Waals surface area contributed by atoms with Crippen molar-refractivity contribution in [3.8, 4) is 5.75 Å². The fraction of sp³-hybridized carbons (Fsp3) is 0.321. The predicted molar refractivity (Wildman–Crippen MR) is 140 cm³/mol. The van der Waals surface area contributed by atoms with Gasteiger partial charge in [-0.15, -0.1) is 11.6 Å².